The first-order valence-electron chi connectivity index (χ1n) is 18.8. The highest BCUT2D eigenvalue weighted by atomic mass is 35.5. The van der Waals surface area contributed by atoms with Crippen molar-refractivity contribution in [2.75, 3.05) is 68.4 Å². The van der Waals surface area contributed by atoms with Crippen LogP contribution in [0.1, 0.15) is 59.7 Å². The number of urea groups is 1. The van der Waals surface area contributed by atoms with Crippen molar-refractivity contribution >= 4 is 52.8 Å². The van der Waals surface area contributed by atoms with E-state index in [9.17, 15) is 32.3 Å². The van der Waals surface area contributed by atoms with Crippen LogP contribution in [0.4, 0.5) is 40.0 Å². The third-order valence-corrected chi connectivity index (χ3v) is 10.7. The molecule has 56 heavy (non-hydrogen) atoms. The lowest BCUT2D eigenvalue weighted by Gasteiger charge is -2.39. The molecular weight excluding hydrogens is 755 g/mol. The number of nitrogens with one attached hydrogen (secondary N) is 1. The maximum atomic E-state index is 14.1. The average Bonchev–Trinajstić information content (AvgIpc) is 3.36. The summed E-state index contributed by atoms with van der Waals surface area (Å²) in [5.74, 6) is -0.445. The minimum absolute atomic E-state index is 0.0192. The van der Waals surface area contributed by atoms with Gasteiger partial charge in [0.25, 0.3) is 5.91 Å². The molecule has 13 nitrogen and oxygen atoms in total. The van der Waals surface area contributed by atoms with E-state index in [0.717, 1.165) is 30.2 Å². The quantitative estimate of drug-likeness (QED) is 0.138. The molecule has 3 N–H and O–H groups in total. The number of nitrogens with zero attached hydrogens (tertiary/aromatic N) is 5. The summed E-state index contributed by atoms with van der Waals surface area (Å²) in [6.45, 7) is 4.45. The highest BCUT2D eigenvalue weighted by molar-refractivity contribution is 6.33. The van der Waals surface area contributed by atoms with Crippen molar-refractivity contribution in [1.29, 1.82) is 0 Å². The maximum Gasteiger partial charge on any atom is 0.418 e. The molecule has 2 saturated heterocycles. The Labute approximate surface area is 327 Å². The first-order chi connectivity index (χ1) is 26.8. The van der Waals surface area contributed by atoms with Gasteiger partial charge in [0, 0.05) is 70.2 Å². The van der Waals surface area contributed by atoms with Crippen molar-refractivity contribution < 1.29 is 41.8 Å². The van der Waals surface area contributed by atoms with Gasteiger partial charge in [-0.15, -0.1) is 0 Å². The molecular formula is C39H45ClF3N7O6. The number of fused-ring (bicyclic) bond motifs is 1. The number of pyridine rings is 1. The number of amides is 4. The summed E-state index contributed by atoms with van der Waals surface area (Å²) in [6.07, 6.45) is -2.74. The second kappa shape index (κ2) is 17.7. The van der Waals surface area contributed by atoms with Gasteiger partial charge in [-0.2, -0.15) is 13.2 Å². The Morgan fingerprint density at radius 1 is 1.00 bits per heavy atom. The number of hydrogen-bond acceptors (Lipinski definition) is 9. The van der Waals surface area contributed by atoms with Gasteiger partial charge < -0.3 is 40.1 Å². The molecule has 0 unspecified atom stereocenters. The first kappa shape index (κ1) is 40.4. The monoisotopic (exact) mass is 799 g/mol. The number of anilines is 3. The number of carbonyl (C=O) groups is 4. The van der Waals surface area contributed by atoms with Crippen molar-refractivity contribution in [2.24, 2.45) is 0 Å². The van der Waals surface area contributed by atoms with Crippen molar-refractivity contribution in [3.05, 3.63) is 82.0 Å². The van der Waals surface area contributed by atoms with E-state index >= 15 is 0 Å². The Morgan fingerprint density at radius 2 is 1.73 bits per heavy atom. The van der Waals surface area contributed by atoms with Crippen LogP contribution in [0.25, 0.3) is 0 Å². The van der Waals surface area contributed by atoms with Crippen molar-refractivity contribution in [2.45, 2.75) is 63.8 Å². The summed E-state index contributed by atoms with van der Waals surface area (Å²) < 4.78 is 52.7. The fourth-order valence-electron chi connectivity index (χ4n) is 7.16. The normalized spacial score (nSPS) is 17.1. The second-order valence-electron chi connectivity index (χ2n) is 14.1. The Kier molecular flexibility index (Phi) is 12.8. The molecule has 4 amide bonds. The first-order valence-corrected chi connectivity index (χ1v) is 19.1. The van der Waals surface area contributed by atoms with E-state index in [0.29, 0.717) is 56.9 Å². The molecule has 2 aromatic carbocycles. The van der Waals surface area contributed by atoms with E-state index in [1.54, 1.807) is 17.0 Å². The van der Waals surface area contributed by atoms with Gasteiger partial charge in [-0.25, -0.2) is 19.4 Å². The number of nitrogens with two attached hydrogens (primary N) is 1. The van der Waals surface area contributed by atoms with E-state index in [2.05, 4.69) is 10.3 Å². The fourth-order valence-corrected chi connectivity index (χ4v) is 7.40. The van der Waals surface area contributed by atoms with Gasteiger partial charge in [-0.05, 0) is 67.1 Å². The summed E-state index contributed by atoms with van der Waals surface area (Å²) in [4.78, 5) is 64.2. The van der Waals surface area contributed by atoms with Gasteiger partial charge in [0.05, 0.1) is 28.4 Å². The summed E-state index contributed by atoms with van der Waals surface area (Å²) in [7, 11) is 0. The van der Waals surface area contributed by atoms with Crippen LogP contribution in [0.3, 0.4) is 0 Å². The number of piperazine rings is 1. The van der Waals surface area contributed by atoms with Gasteiger partial charge in [-0.1, -0.05) is 43.1 Å². The van der Waals surface area contributed by atoms with Crippen molar-refractivity contribution in [3.63, 3.8) is 0 Å². The zero-order chi connectivity index (χ0) is 40.0. The molecule has 6 rings (SSSR count). The SMILES string of the molecule is CCCCOC(=O)c1ccc(N2CCN(C(=O)[C@@H](Cc3cc(Cl)c(N)c(C(F)(F)F)c3)OC(=O)N3CCC(N4CCc5ccccc5NC4=O)CC3)CC2)nc1. The number of aromatic nitrogens is 1. The van der Waals surface area contributed by atoms with Crippen LogP contribution in [0.5, 0.6) is 0 Å². The Hall–Kier alpha value is -5.25. The van der Waals surface area contributed by atoms with Gasteiger partial charge in [-0.3, -0.25) is 4.79 Å². The summed E-state index contributed by atoms with van der Waals surface area (Å²) in [5.41, 5.74) is 6.02. The van der Waals surface area contributed by atoms with Crippen LogP contribution < -0.4 is 16.0 Å². The van der Waals surface area contributed by atoms with E-state index in [1.165, 1.54) is 22.1 Å². The van der Waals surface area contributed by atoms with Crippen LogP contribution in [-0.4, -0.2) is 108 Å². The van der Waals surface area contributed by atoms with Gasteiger partial charge >= 0.3 is 24.3 Å². The zero-order valence-corrected chi connectivity index (χ0v) is 31.8. The summed E-state index contributed by atoms with van der Waals surface area (Å²) in [6, 6.07) is 12.7. The Balaban J connectivity index is 1.11. The number of unbranched alkanes of at least 4 members (excludes halogenated alkanes) is 1. The number of carbonyl (C=O) groups excluding carboxylic acids is 4. The maximum absolute atomic E-state index is 14.1. The molecule has 2 fully saturated rings. The molecule has 300 valence electrons. The molecule has 0 saturated carbocycles. The number of esters is 1. The lowest BCUT2D eigenvalue weighted by atomic mass is 10.0. The van der Waals surface area contributed by atoms with Crippen molar-refractivity contribution in [3.8, 4) is 0 Å². The number of para-hydroxylation sites is 1. The van der Waals surface area contributed by atoms with E-state index in [4.69, 9.17) is 26.8 Å². The van der Waals surface area contributed by atoms with Crippen LogP contribution in [0.15, 0.2) is 54.7 Å². The number of hydrogen-bond donors (Lipinski definition) is 2. The Morgan fingerprint density at radius 3 is 2.41 bits per heavy atom. The predicted octanol–water partition coefficient (Wildman–Crippen LogP) is 6.24. The lowest BCUT2D eigenvalue weighted by Crippen LogP contribution is -2.54. The lowest BCUT2D eigenvalue weighted by molar-refractivity contribution is -0.141. The van der Waals surface area contributed by atoms with Gasteiger partial charge in [0.2, 0.25) is 0 Å². The average molecular weight is 800 g/mol. The molecule has 3 aromatic rings. The topological polar surface area (TPSA) is 151 Å². The Bertz CT molecular complexity index is 1900. The summed E-state index contributed by atoms with van der Waals surface area (Å²) in [5, 5.41) is 2.64. The number of halogens is 4. The van der Waals surface area contributed by atoms with Crippen LogP contribution in [0, 0.1) is 0 Å². The molecule has 3 aliphatic rings. The minimum atomic E-state index is -4.81. The second-order valence-corrected chi connectivity index (χ2v) is 14.5. The molecule has 0 spiro atoms. The molecule has 0 radical (unpaired) electrons. The molecule has 4 heterocycles. The molecule has 1 aromatic heterocycles. The number of alkyl halides is 3. The largest absolute Gasteiger partial charge is 0.462 e. The molecule has 3 aliphatic heterocycles. The van der Waals surface area contributed by atoms with E-state index < -0.39 is 41.5 Å². The molecule has 0 aliphatic carbocycles. The number of benzene rings is 2. The smallest absolute Gasteiger partial charge is 0.418 e. The number of likely N-dealkylation sites (tertiary alicyclic amines) is 1. The van der Waals surface area contributed by atoms with Crippen LogP contribution in [-0.2, 0) is 33.3 Å². The van der Waals surface area contributed by atoms with E-state index in [1.807, 2.05) is 36.1 Å². The van der Waals surface area contributed by atoms with Gasteiger partial charge in [0.1, 0.15) is 5.82 Å². The van der Waals surface area contributed by atoms with Gasteiger partial charge in [0.15, 0.2) is 6.10 Å². The third-order valence-electron chi connectivity index (χ3n) is 10.4. The molecule has 17 heteroatoms. The van der Waals surface area contributed by atoms with Crippen LogP contribution >= 0.6 is 11.6 Å². The summed E-state index contributed by atoms with van der Waals surface area (Å²) >= 11 is 6.11. The number of rotatable bonds is 10. The molecule has 1 atom stereocenters. The highest BCUT2D eigenvalue weighted by Gasteiger charge is 2.38. The fraction of sp³-hybridized carbons (Fsp3) is 0.462. The molecule has 0 bridgehead atoms. The minimum Gasteiger partial charge on any atom is -0.462 e. The highest BCUT2D eigenvalue weighted by Crippen LogP contribution is 2.38. The number of piperidine rings is 1. The predicted molar refractivity (Wildman–Crippen MR) is 204 cm³/mol. The standard InChI is InChI=1S/C39H45ClF3N7O6/c1-2-3-20-55-36(52)27-8-9-33(45-24-27)47-16-18-48(19-17-47)35(51)32(23-25-21-29(39(41,42)43)34(44)30(40)22-25)56-38(54)49-13-11-28(12-14-49)50-15-10-26-6-4-5-7-31(26)46-37(50)53/h4-9,21-22,24,28,32H,2-3,10-20,23,44H2,1H3,(H,46,53)/t32-/m1/s1. The van der Waals surface area contributed by atoms with Crippen LogP contribution in [0.2, 0.25) is 5.02 Å². The zero-order valence-electron chi connectivity index (χ0n) is 31.0. The third kappa shape index (κ3) is 9.57. The number of ether oxygens (including phenoxy) is 2. The van der Waals surface area contributed by atoms with Crippen molar-refractivity contribution in [1.82, 2.24) is 19.7 Å². The van der Waals surface area contributed by atoms with E-state index in [-0.39, 0.29) is 55.3 Å². The number of nitrogen functional groups attached to an aromatic ring is 1.